The smallest absolute Gasteiger partial charge is 0.0777 e. The molecule has 2 rings (SSSR count). The maximum absolute atomic E-state index is 4.26. The summed E-state index contributed by atoms with van der Waals surface area (Å²) < 4.78 is 0. The van der Waals surface area contributed by atoms with E-state index < -0.39 is 0 Å². The van der Waals surface area contributed by atoms with Crippen molar-refractivity contribution in [2.75, 3.05) is 18.4 Å². The molecule has 0 radical (unpaired) electrons. The number of hydrogen-bond acceptors (Lipinski definition) is 4. The van der Waals surface area contributed by atoms with E-state index in [2.05, 4.69) is 58.3 Å². The van der Waals surface area contributed by atoms with E-state index in [1.807, 2.05) is 0 Å². The maximum atomic E-state index is 4.26. The summed E-state index contributed by atoms with van der Waals surface area (Å²) in [6.45, 7) is 8.23. The van der Waals surface area contributed by atoms with Crippen LogP contribution in [0.15, 0.2) is 42.9 Å². The van der Waals surface area contributed by atoms with Crippen LogP contribution in [0, 0.1) is 0 Å². The Morgan fingerprint density at radius 1 is 1.15 bits per heavy atom. The number of nitrogens with one attached hydrogen (secondary N) is 1. The summed E-state index contributed by atoms with van der Waals surface area (Å²) >= 11 is 0. The molecule has 0 bridgehead atoms. The second-order valence-electron chi connectivity index (χ2n) is 4.71. The molecule has 1 aromatic heterocycles. The predicted octanol–water partition coefficient (Wildman–Crippen LogP) is 2.93. The summed E-state index contributed by atoms with van der Waals surface area (Å²) in [4.78, 5) is 10.7. The minimum absolute atomic E-state index is 0.697. The third kappa shape index (κ3) is 4.31. The summed E-state index contributed by atoms with van der Waals surface area (Å²) in [5.41, 5.74) is 3.40. The lowest BCUT2D eigenvalue weighted by atomic mass is 10.2. The van der Waals surface area contributed by atoms with Gasteiger partial charge in [-0.05, 0) is 30.8 Å². The zero-order valence-corrected chi connectivity index (χ0v) is 12.2. The van der Waals surface area contributed by atoms with Crippen LogP contribution < -0.4 is 5.32 Å². The highest BCUT2D eigenvalue weighted by Crippen LogP contribution is 2.13. The highest BCUT2D eigenvalue weighted by atomic mass is 15.1. The van der Waals surface area contributed by atoms with Crippen LogP contribution >= 0.6 is 0 Å². The van der Waals surface area contributed by atoms with E-state index >= 15 is 0 Å². The van der Waals surface area contributed by atoms with Crippen LogP contribution in [-0.2, 0) is 13.1 Å². The van der Waals surface area contributed by atoms with Crippen LogP contribution in [0.5, 0.6) is 0 Å². The molecule has 0 spiro atoms. The Balaban J connectivity index is 1.95. The van der Waals surface area contributed by atoms with Gasteiger partial charge in [0.25, 0.3) is 0 Å². The van der Waals surface area contributed by atoms with Gasteiger partial charge in [-0.15, -0.1) is 0 Å². The molecule has 106 valence electrons. The minimum atomic E-state index is 0.697. The first-order chi connectivity index (χ1) is 9.81. The summed E-state index contributed by atoms with van der Waals surface area (Å²) in [6, 6.07) is 8.56. The minimum Gasteiger partial charge on any atom is -0.379 e. The maximum Gasteiger partial charge on any atom is 0.0777 e. The molecule has 0 atom stereocenters. The molecule has 0 fully saturated rings. The average molecular weight is 270 g/mol. The number of aromatic nitrogens is 2. The van der Waals surface area contributed by atoms with Crippen LogP contribution in [0.4, 0.5) is 5.69 Å². The van der Waals surface area contributed by atoms with Gasteiger partial charge in [0, 0.05) is 24.6 Å². The van der Waals surface area contributed by atoms with E-state index in [-0.39, 0.29) is 0 Å². The van der Waals surface area contributed by atoms with Gasteiger partial charge in [-0.3, -0.25) is 14.9 Å². The lowest BCUT2D eigenvalue weighted by molar-refractivity contribution is 0.296. The average Bonchev–Trinajstić information content (AvgIpc) is 2.52. The first kappa shape index (κ1) is 14.5. The van der Waals surface area contributed by atoms with Gasteiger partial charge in [0.1, 0.15) is 0 Å². The van der Waals surface area contributed by atoms with Crippen molar-refractivity contribution < 1.29 is 0 Å². The molecule has 0 aliphatic heterocycles. The number of anilines is 1. The molecule has 0 aliphatic rings. The molecule has 0 saturated carbocycles. The monoisotopic (exact) mass is 270 g/mol. The Bertz CT molecular complexity index is 509. The van der Waals surface area contributed by atoms with Crippen LogP contribution in [0.25, 0.3) is 0 Å². The third-order valence-corrected chi connectivity index (χ3v) is 3.32. The molecule has 1 N–H and O–H groups in total. The number of benzene rings is 1. The van der Waals surface area contributed by atoms with E-state index in [9.17, 15) is 0 Å². The van der Waals surface area contributed by atoms with Crippen molar-refractivity contribution in [3.8, 4) is 0 Å². The van der Waals surface area contributed by atoms with Crippen molar-refractivity contribution in [2.45, 2.75) is 26.9 Å². The summed E-state index contributed by atoms with van der Waals surface area (Å²) in [5.74, 6) is 0. The zero-order valence-electron chi connectivity index (χ0n) is 12.2. The van der Waals surface area contributed by atoms with Crippen molar-refractivity contribution in [3.63, 3.8) is 0 Å². The van der Waals surface area contributed by atoms with Crippen molar-refractivity contribution >= 4 is 5.69 Å². The first-order valence-corrected chi connectivity index (χ1v) is 7.12. The summed E-state index contributed by atoms with van der Waals surface area (Å²) in [5, 5.41) is 3.39. The Hall–Kier alpha value is -1.94. The molecule has 0 saturated heterocycles. The van der Waals surface area contributed by atoms with Gasteiger partial charge in [0.15, 0.2) is 0 Å². The van der Waals surface area contributed by atoms with Gasteiger partial charge in [-0.1, -0.05) is 26.0 Å². The number of nitrogens with zero attached hydrogens (tertiary/aromatic N) is 3. The van der Waals surface area contributed by atoms with Crippen molar-refractivity contribution in [1.82, 2.24) is 14.9 Å². The van der Waals surface area contributed by atoms with Crippen LogP contribution in [0.1, 0.15) is 25.1 Å². The Labute approximate surface area is 120 Å². The third-order valence-electron chi connectivity index (χ3n) is 3.32. The summed E-state index contributed by atoms with van der Waals surface area (Å²) in [6.07, 6.45) is 5.19. The van der Waals surface area contributed by atoms with Crippen LogP contribution in [-0.4, -0.2) is 28.0 Å². The fourth-order valence-corrected chi connectivity index (χ4v) is 2.10. The van der Waals surface area contributed by atoms with Crippen molar-refractivity contribution in [1.29, 1.82) is 0 Å². The Kier molecular flexibility index (Phi) is 5.50. The highest BCUT2D eigenvalue weighted by molar-refractivity contribution is 5.45. The molecule has 20 heavy (non-hydrogen) atoms. The molecular weight excluding hydrogens is 248 g/mol. The van der Waals surface area contributed by atoms with Gasteiger partial charge < -0.3 is 5.32 Å². The molecular formula is C16H22N4. The predicted molar refractivity (Wildman–Crippen MR) is 82.4 cm³/mol. The molecule has 4 heteroatoms. The van der Waals surface area contributed by atoms with Gasteiger partial charge >= 0.3 is 0 Å². The molecule has 1 aromatic carbocycles. The molecule has 1 heterocycles. The van der Waals surface area contributed by atoms with Crippen LogP contribution in [0.3, 0.4) is 0 Å². The van der Waals surface area contributed by atoms with E-state index in [0.717, 1.165) is 31.0 Å². The van der Waals surface area contributed by atoms with Crippen molar-refractivity contribution in [3.05, 3.63) is 54.1 Å². The number of hydrogen-bond donors (Lipinski definition) is 1. The Morgan fingerprint density at radius 3 is 2.70 bits per heavy atom. The first-order valence-electron chi connectivity index (χ1n) is 7.12. The molecule has 2 aromatic rings. The van der Waals surface area contributed by atoms with Gasteiger partial charge in [0.2, 0.25) is 0 Å². The molecule has 4 nitrogen and oxygen atoms in total. The second kappa shape index (κ2) is 7.60. The standard InChI is InChI=1S/C16H22N4/c1-3-20(4-2)13-14-6-5-7-15(10-14)19-12-16-11-17-8-9-18-16/h5-11,19H,3-4,12-13H2,1-2H3. The lowest BCUT2D eigenvalue weighted by Gasteiger charge is -2.18. The zero-order chi connectivity index (χ0) is 14.2. The fraction of sp³-hybridized carbons (Fsp3) is 0.375. The molecule has 0 amide bonds. The van der Waals surface area contributed by atoms with Gasteiger partial charge in [-0.25, -0.2) is 0 Å². The van der Waals surface area contributed by atoms with Gasteiger partial charge in [0.05, 0.1) is 18.4 Å². The number of rotatable bonds is 7. The van der Waals surface area contributed by atoms with E-state index in [0.29, 0.717) is 6.54 Å². The molecule has 0 aliphatic carbocycles. The van der Waals surface area contributed by atoms with E-state index in [4.69, 9.17) is 0 Å². The van der Waals surface area contributed by atoms with E-state index in [1.54, 1.807) is 18.6 Å². The van der Waals surface area contributed by atoms with Crippen molar-refractivity contribution in [2.24, 2.45) is 0 Å². The SMILES string of the molecule is CCN(CC)Cc1cccc(NCc2cnccn2)c1. The normalized spacial score (nSPS) is 10.8. The largest absolute Gasteiger partial charge is 0.379 e. The van der Waals surface area contributed by atoms with Crippen LogP contribution in [0.2, 0.25) is 0 Å². The second-order valence-corrected chi connectivity index (χ2v) is 4.71. The highest BCUT2D eigenvalue weighted by Gasteiger charge is 2.02. The quantitative estimate of drug-likeness (QED) is 0.840. The fourth-order valence-electron chi connectivity index (χ4n) is 2.10. The van der Waals surface area contributed by atoms with E-state index in [1.165, 1.54) is 5.56 Å². The lowest BCUT2D eigenvalue weighted by Crippen LogP contribution is -2.22. The Morgan fingerprint density at radius 2 is 2.00 bits per heavy atom. The summed E-state index contributed by atoms with van der Waals surface area (Å²) in [7, 11) is 0. The topological polar surface area (TPSA) is 41.0 Å². The van der Waals surface area contributed by atoms with Gasteiger partial charge in [-0.2, -0.15) is 0 Å². The molecule has 0 unspecified atom stereocenters.